The number of piperazine rings is 1. The molecule has 7 heteroatoms. The molecule has 2 heterocycles. The summed E-state index contributed by atoms with van der Waals surface area (Å²) in [5.74, 6) is -0.0431. The van der Waals surface area contributed by atoms with Gasteiger partial charge in [-0.15, -0.1) is 0 Å². The highest BCUT2D eigenvalue weighted by Gasteiger charge is 2.37. The fourth-order valence-corrected chi connectivity index (χ4v) is 3.03. The van der Waals surface area contributed by atoms with Gasteiger partial charge in [0.05, 0.1) is 11.1 Å². The zero-order valence-corrected chi connectivity index (χ0v) is 12.9. The molecule has 3 rings (SSSR count). The topological polar surface area (TPSA) is 52.7 Å². The molecule has 1 N–H and O–H groups in total. The summed E-state index contributed by atoms with van der Waals surface area (Å²) >= 11 is 9.33. The maximum absolute atomic E-state index is 12.5. The summed E-state index contributed by atoms with van der Waals surface area (Å²) in [4.78, 5) is 27.6. The van der Waals surface area contributed by atoms with Crippen molar-refractivity contribution in [3.05, 3.63) is 33.3 Å². The summed E-state index contributed by atoms with van der Waals surface area (Å²) in [5, 5.41) is 3.32. The molecule has 1 unspecified atom stereocenters. The molecule has 2 fully saturated rings. The molecular formula is C13H13BrClN3O2. The highest BCUT2D eigenvalue weighted by atomic mass is 79.9. The lowest BCUT2D eigenvalue weighted by atomic mass is 10.1. The molecule has 0 saturated carbocycles. The van der Waals surface area contributed by atoms with E-state index in [1.807, 2.05) is 0 Å². The Kier molecular flexibility index (Phi) is 3.60. The molecule has 2 aliphatic rings. The van der Waals surface area contributed by atoms with E-state index < -0.39 is 0 Å². The van der Waals surface area contributed by atoms with E-state index in [-0.39, 0.29) is 18.0 Å². The lowest BCUT2D eigenvalue weighted by Gasteiger charge is -2.36. The Morgan fingerprint density at radius 2 is 2.20 bits per heavy atom. The predicted octanol–water partition coefficient (Wildman–Crippen LogP) is 1.95. The number of nitrogens with one attached hydrogen (secondary N) is 1. The maximum Gasteiger partial charge on any atom is 0.317 e. The van der Waals surface area contributed by atoms with Crippen LogP contribution >= 0.6 is 27.5 Å². The van der Waals surface area contributed by atoms with E-state index in [9.17, 15) is 9.59 Å². The van der Waals surface area contributed by atoms with Gasteiger partial charge in [0.15, 0.2) is 0 Å². The van der Waals surface area contributed by atoms with Crippen molar-refractivity contribution >= 4 is 39.5 Å². The Bertz CT molecular complexity index is 581. The Hall–Kier alpha value is -1.27. The second-order valence-electron chi connectivity index (χ2n) is 4.91. The van der Waals surface area contributed by atoms with Crippen LogP contribution < -0.4 is 5.32 Å². The van der Waals surface area contributed by atoms with Crippen LogP contribution in [0.2, 0.25) is 5.02 Å². The molecular weight excluding hydrogens is 346 g/mol. The highest BCUT2D eigenvalue weighted by molar-refractivity contribution is 9.10. The summed E-state index contributed by atoms with van der Waals surface area (Å²) in [6.07, 6.45) is 0. The molecule has 2 aliphatic heterocycles. The zero-order valence-electron chi connectivity index (χ0n) is 10.6. The molecule has 0 radical (unpaired) electrons. The molecule has 1 aromatic carbocycles. The van der Waals surface area contributed by atoms with Gasteiger partial charge in [-0.2, -0.15) is 0 Å². The molecule has 0 spiro atoms. The Balaban J connectivity index is 1.75. The summed E-state index contributed by atoms with van der Waals surface area (Å²) in [6.45, 7) is 2.29. The third-order valence-corrected chi connectivity index (χ3v) is 4.92. The van der Waals surface area contributed by atoms with Crippen molar-refractivity contribution < 1.29 is 9.59 Å². The van der Waals surface area contributed by atoms with Crippen molar-refractivity contribution in [1.82, 2.24) is 15.1 Å². The summed E-state index contributed by atoms with van der Waals surface area (Å²) in [7, 11) is 0. The third-order valence-electron chi connectivity index (χ3n) is 3.69. The zero-order chi connectivity index (χ0) is 14.3. The van der Waals surface area contributed by atoms with Crippen LogP contribution in [0.3, 0.4) is 0 Å². The summed E-state index contributed by atoms with van der Waals surface area (Å²) in [6, 6.07) is 5.23. The largest absolute Gasteiger partial charge is 0.336 e. The van der Waals surface area contributed by atoms with Gasteiger partial charge in [0, 0.05) is 36.2 Å². The quantitative estimate of drug-likeness (QED) is 0.834. The molecule has 3 amide bonds. The minimum absolute atomic E-state index is 0.0335. The maximum atomic E-state index is 12.5. The lowest BCUT2D eigenvalue weighted by molar-refractivity contribution is 0.0617. The van der Waals surface area contributed by atoms with E-state index >= 15 is 0 Å². The number of rotatable bonds is 1. The second kappa shape index (κ2) is 5.26. The molecule has 20 heavy (non-hydrogen) atoms. The molecule has 5 nitrogen and oxygen atoms in total. The van der Waals surface area contributed by atoms with Gasteiger partial charge in [-0.1, -0.05) is 11.6 Å². The van der Waals surface area contributed by atoms with Crippen molar-refractivity contribution in [2.75, 3.05) is 26.2 Å². The average Bonchev–Trinajstić information content (AvgIpc) is 2.82. The number of hydrogen-bond acceptors (Lipinski definition) is 2. The predicted molar refractivity (Wildman–Crippen MR) is 78.9 cm³/mol. The minimum Gasteiger partial charge on any atom is -0.336 e. The number of carbonyl (C=O) groups excluding carboxylic acids is 2. The Morgan fingerprint density at radius 3 is 2.95 bits per heavy atom. The number of nitrogens with zero attached hydrogens (tertiary/aromatic N) is 2. The first kappa shape index (κ1) is 13.7. The van der Waals surface area contributed by atoms with Crippen LogP contribution in [0.5, 0.6) is 0 Å². The Labute approximate surface area is 130 Å². The number of benzene rings is 1. The van der Waals surface area contributed by atoms with Gasteiger partial charge in [-0.05, 0) is 34.1 Å². The van der Waals surface area contributed by atoms with Gasteiger partial charge in [-0.3, -0.25) is 4.79 Å². The van der Waals surface area contributed by atoms with E-state index in [2.05, 4.69) is 21.2 Å². The smallest absolute Gasteiger partial charge is 0.317 e. The summed E-state index contributed by atoms with van der Waals surface area (Å²) in [5.41, 5.74) is 0.573. The number of amides is 3. The standard InChI is InChI=1S/C13H13BrClN3O2/c14-10-2-1-8(5-11(10)15)12(19)17-3-4-18-9(7-17)6-16-13(18)20/h1-2,5,9H,3-4,6-7H2,(H,16,20). The van der Waals surface area contributed by atoms with Crippen molar-refractivity contribution in [2.24, 2.45) is 0 Å². The van der Waals surface area contributed by atoms with Crippen LogP contribution in [0.4, 0.5) is 4.79 Å². The second-order valence-corrected chi connectivity index (χ2v) is 6.17. The number of hydrogen-bond donors (Lipinski definition) is 1. The molecule has 0 aromatic heterocycles. The number of halogens is 2. The van der Waals surface area contributed by atoms with E-state index in [1.54, 1.807) is 28.0 Å². The van der Waals surface area contributed by atoms with Gasteiger partial charge in [0.25, 0.3) is 5.91 Å². The molecule has 0 bridgehead atoms. The fraction of sp³-hybridized carbons (Fsp3) is 0.385. The van der Waals surface area contributed by atoms with E-state index in [0.717, 1.165) is 4.47 Å². The van der Waals surface area contributed by atoms with Crippen LogP contribution in [-0.2, 0) is 0 Å². The fourth-order valence-electron chi connectivity index (χ4n) is 2.60. The van der Waals surface area contributed by atoms with Crippen LogP contribution in [0.1, 0.15) is 10.4 Å². The van der Waals surface area contributed by atoms with Crippen molar-refractivity contribution in [2.45, 2.75) is 6.04 Å². The van der Waals surface area contributed by atoms with Crippen LogP contribution in [0.25, 0.3) is 0 Å². The van der Waals surface area contributed by atoms with E-state index in [4.69, 9.17) is 11.6 Å². The van der Waals surface area contributed by atoms with Crippen LogP contribution in [-0.4, -0.2) is 54.0 Å². The molecule has 0 aliphatic carbocycles. The minimum atomic E-state index is -0.0431. The van der Waals surface area contributed by atoms with Gasteiger partial charge in [0.1, 0.15) is 0 Å². The van der Waals surface area contributed by atoms with Crippen LogP contribution in [0, 0.1) is 0 Å². The normalized spacial score (nSPS) is 21.7. The lowest BCUT2D eigenvalue weighted by Crippen LogP contribution is -2.53. The van der Waals surface area contributed by atoms with E-state index in [0.29, 0.717) is 36.8 Å². The van der Waals surface area contributed by atoms with Gasteiger partial charge in [-0.25, -0.2) is 4.79 Å². The first-order chi connectivity index (χ1) is 9.56. The third kappa shape index (κ3) is 2.38. The molecule has 1 atom stereocenters. The first-order valence-electron chi connectivity index (χ1n) is 6.35. The van der Waals surface area contributed by atoms with Gasteiger partial charge < -0.3 is 15.1 Å². The molecule has 106 valence electrons. The van der Waals surface area contributed by atoms with E-state index in [1.165, 1.54) is 0 Å². The molecule has 1 aromatic rings. The van der Waals surface area contributed by atoms with Gasteiger partial charge >= 0.3 is 6.03 Å². The van der Waals surface area contributed by atoms with Crippen molar-refractivity contribution in [1.29, 1.82) is 0 Å². The molecule has 2 saturated heterocycles. The van der Waals surface area contributed by atoms with Crippen LogP contribution in [0.15, 0.2) is 22.7 Å². The number of carbonyl (C=O) groups is 2. The number of urea groups is 1. The van der Waals surface area contributed by atoms with Gasteiger partial charge in [0.2, 0.25) is 0 Å². The number of fused-ring (bicyclic) bond motifs is 1. The average molecular weight is 359 g/mol. The van der Waals surface area contributed by atoms with Crippen molar-refractivity contribution in [3.63, 3.8) is 0 Å². The highest BCUT2D eigenvalue weighted by Crippen LogP contribution is 2.24. The summed E-state index contributed by atoms with van der Waals surface area (Å²) < 4.78 is 0.770. The SMILES string of the molecule is O=C(c1ccc(Br)c(Cl)c1)N1CCN2C(=O)NCC2C1. The Morgan fingerprint density at radius 1 is 1.40 bits per heavy atom. The first-order valence-corrected chi connectivity index (χ1v) is 7.52. The monoisotopic (exact) mass is 357 g/mol. The van der Waals surface area contributed by atoms with Crippen molar-refractivity contribution in [3.8, 4) is 0 Å².